The van der Waals surface area contributed by atoms with Crippen molar-refractivity contribution in [1.29, 1.82) is 0 Å². The molecule has 21 heavy (non-hydrogen) atoms. The summed E-state index contributed by atoms with van der Waals surface area (Å²) in [5.41, 5.74) is 1.84. The Morgan fingerprint density at radius 2 is 2.00 bits per heavy atom. The normalized spacial score (nSPS) is 18.3. The fourth-order valence-corrected chi connectivity index (χ4v) is 3.08. The number of anilines is 1. The van der Waals surface area contributed by atoms with E-state index in [9.17, 15) is 5.11 Å². The predicted octanol–water partition coefficient (Wildman–Crippen LogP) is 3.44. The van der Waals surface area contributed by atoms with E-state index in [0.29, 0.717) is 5.92 Å². The fourth-order valence-electron chi connectivity index (χ4n) is 2.76. The molecule has 3 nitrogen and oxygen atoms in total. The molecule has 1 aromatic carbocycles. The largest absolute Gasteiger partial charge is 0.390 e. The van der Waals surface area contributed by atoms with Crippen LogP contribution in [0.3, 0.4) is 0 Å². The maximum atomic E-state index is 10.1. The average molecular weight is 311 g/mol. The number of para-hydroxylation sites is 1. The van der Waals surface area contributed by atoms with Crippen molar-refractivity contribution >= 4 is 17.3 Å². The van der Waals surface area contributed by atoms with Gasteiger partial charge in [-0.3, -0.25) is 0 Å². The molecule has 0 aliphatic carbocycles. The number of piperidine rings is 1. The van der Waals surface area contributed by atoms with Crippen molar-refractivity contribution in [3.05, 3.63) is 28.8 Å². The van der Waals surface area contributed by atoms with Gasteiger partial charge in [0.1, 0.15) is 0 Å². The highest BCUT2D eigenvalue weighted by atomic mass is 35.5. The van der Waals surface area contributed by atoms with Gasteiger partial charge >= 0.3 is 0 Å². The van der Waals surface area contributed by atoms with Crippen LogP contribution in [0, 0.1) is 5.92 Å². The second kappa shape index (κ2) is 6.99. The smallest absolute Gasteiger partial charge is 0.0653 e. The summed E-state index contributed by atoms with van der Waals surface area (Å²) in [6.07, 6.45) is 1.58. The van der Waals surface area contributed by atoms with Gasteiger partial charge in [0.25, 0.3) is 0 Å². The molecule has 0 unspecified atom stereocenters. The highest BCUT2D eigenvalue weighted by Gasteiger charge is 2.29. The molecule has 0 bridgehead atoms. The lowest BCUT2D eigenvalue weighted by Gasteiger charge is -2.38. The number of benzene rings is 1. The van der Waals surface area contributed by atoms with Crippen molar-refractivity contribution in [1.82, 2.24) is 5.32 Å². The summed E-state index contributed by atoms with van der Waals surface area (Å²) in [6.45, 7) is 9.88. The zero-order chi connectivity index (χ0) is 15.5. The maximum absolute atomic E-state index is 10.1. The van der Waals surface area contributed by atoms with Crippen molar-refractivity contribution in [2.45, 2.75) is 45.8 Å². The molecule has 0 radical (unpaired) electrons. The summed E-state index contributed by atoms with van der Waals surface area (Å²) in [7, 11) is 0. The van der Waals surface area contributed by atoms with Gasteiger partial charge in [0.15, 0.2) is 0 Å². The Morgan fingerprint density at radius 1 is 1.33 bits per heavy atom. The molecule has 1 fully saturated rings. The van der Waals surface area contributed by atoms with Crippen LogP contribution >= 0.6 is 11.6 Å². The molecule has 0 saturated carbocycles. The second-order valence-corrected chi connectivity index (χ2v) is 7.16. The van der Waals surface area contributed by atoms with E-state index in [-0.39, 0.29) is 0 Å². The van der Waals surface area contributed by atoms with E-state index >= 15 is 0 Å². The van der Waals surface area contributed by atoms with E-state index in [4.69, 9.17) is 11.6 Å². The Morgan fingerprint density at radius 3 is 2.62 bits per heavy atom. The molecule has 1 saturated heterocycles. The number of rotatable bonds is 5. The molecule has 0 amide bonds. The Labute approximate surface area is 133 Å². The number of hydrogen-bond acceptors (Lipinski definition) is 3. The molecule has 1 aliphatic heterocycles. The summed E-state index contributed by atoms with van der Waals surface area (Å²) in [5.74, 6) is 0.637. The highest BCUT2D eigenvalue weighted by Crippen LogP contribution is 2.34. The van der Waals surface area contributed by atoms with Crippen LogP contribution in [0.2, 0.25) is 5.02 Å². The standard InChI is InChI=1S/C17H27ClN2O/c1-13(2)11-19-12-14-5-4-6-15(18)16(14)20-9-7-17(3,21)8-10-20/h4-6,13,19,21H,7-12H2,1-3H3. The minimum Gasteiger partial charge on any atom is -0.390 e. The third kappa shape index (κ3) is 4.60. The Balaban J connectivity index is 2.10. The van der Waals surface area contributed by atoms with Crippen LogP contribution in [0.5, 0.6) is 0 Å². The fraction of sp³-hybridized carbons (Fsp3) is 0.647. The highest BCUT2D eigenvalue weighted by molar-refractivity contribution is 6.33. The molecule has 0 atom stereocenters. The third-order valence-corrected chi connectivity index (χ3v) is 4.40. The molecule has 1 aromatic rings. The first-order chi connectivity index (χ1) is 9.89. The van der Waals surface area contributed by atoms with Gasteiger partial charge < -0.3 is 15.3 Å². The van der Waals surface area contributed by atoms with Gasteiger partial charge in [-0.15, -0.1) is 0 Å². The molecule has 2 rings (SSSR count). The SMILES string of the molecule is CC(C)CNCc1cccc(Cl)c1N1CCC(C)(O)CC1. The van der Waals surface area contributed by atoms with E-state index in [2.05, 4.69) is 30.1 Å². The van der Waals surface area contributed by atoms with Gasteiger partial charge in [0.2, 0.25) is 0 Å². The van der Waals surface area contributed by atoms with Gasteiger partial charge in [0.05, 0.1) is 16.3 Å². The molecule has 118 valence electrons. The molecule has 0 aromatic heterocycles. The van der Waals surface area contributed by atoms with Crippen molar-refractivity contribution in [3.8, 4) is 0 Å². The molecule has 1 aliphatic rings. The molecule has 0 spiro atoms. The lowest BCUT2D eigenvalue weighted by molar-refractivity contribution is 0.0351. The molecule has 2 N–H and O–H groups in total. The Hall–Kier alpha value is -0.770. The Kier molecular flexibility index (Phi) is 5.53. The maximum Gasteiger partial charge on any atom is 0.0653 e. The van der Waals surface area contributed by atoms with Gasteiger partial charge in [-0.2, -0.15) is 0 Å². The van der Waals surface area contributed by atoms with E-state index < -0.39 is 5.60 Å². The van der Waals surface area contributed by atoms with Crippen LogP contribution in [0.15, 0.2) is 18.2 Å². The first-order valence-corrected chi connectivity index (χ1v) is 8.22. The quantitative estimate of drug-likeness (QED) is 0.874. The predicted molar refractivity (Wildman–Crippen MR) is 90.1 cm³/mol. The molecule has 4 heteroatoms. The van der Waals surface area contributed by atoms with E-state index in [1.54, 1.807) is 0 Å². The van der Waals surface area contributed by atoms with E-state index in [1.807, 2.05) is 19.1 Å². The van der Waals surface area contributed by atoms with Crippen LogP contribution in [-0.4, -0.2) is 30.3 Å². The summed E-state index contributed by atoms with van der Waals surface area (Å²) in [5, 5.41) is 14.4. The topological polar surface area (TPSA) is 35.5 Å². The lowest BCUT2D eigenvalue weighted by Crippen LogP contribution is -2.43. The van der Waals surface area contributed by atoms with Crippen LogP contribution in [0.25, 0.3) is 0 Å². The van der Waals surface area contributed by atoms with E-state index in [0.717, 1.165) is 49.7 Å². The molecule has 1 heterocycles. The molecular formula is C17H27ClN2O. The summed E-state index contributed by atoms with van der Waals surface area (Å²) in [4.78, 5) is 2.31. The number of nitrogens with zero attached hydrogens (tertiary/aromatic N) is 1. The zero-order valence-corrected chi connectivity index (χ0v) is 14.1. The van der Waals surface area contributed by atoms with E-state index in [1.165, 1.54) is 5.56 Å². The van der Waals surface area contributed by atoms with Gasteiger partial charge in [-0.1, -0.05) is 37.6 Å². The van der Waals surface area contributed by atoms with Gasteiger partial charge in [-0.25, -0.2) is 0 Å². The van der Waals surface area contributed by atoms with Crippen molar-refractivity contribution < 1.29 is 5.11 Å². The van der Waals surface area contributed by atoms with Crippen LogP contribution in [-0.2, 0) is 6.54 Å². The third-order valence-electron chi connectivity index (χ3n) is 4.10. The minimum atomic E-state index is -0.534. The summed E-state index contributed by atoms with van der Waals surface area (Å²) in [6, 6.07) is 6.11. The lowest BCUT2D eigenvalue weighted by atomic mass is 9.93. The number of aliphatic hydroxyl groups is 1. The van der Waals surface area contributed by atoms with Crippen molar-refractivity contribution in [3.63, 3.8) is 0 Å². The first kappa shape index (κ1) is 16.6. The minimum absolute atomic E-state index is 0.534. The molecular weight excluding hydrogens is 284 g/mol. The number of hydrogen-bond donors (Lipinski definition) is 2. The first-order valence-electron chi connectivity index (χ1n) is 7.84. The zero-order valence-electron chi connectivity index (χ0n) is 13.3. The number of nitrogens with one attached hydrogen (secondary N) is 1. The van der Waals surface area contributed by atoms with Crippen LogP contribution in [0.4, 0.5) is 5.69 Å². The second-order valence-electron chi connectivity index (χ2n) is 6.76. The number of halogens is 1. The van der Waals surface area contributed by atoms with Crippen molar-refractivity contribution in [2.75, 3.05) is 24.5 Å². The summed E-state index contributed by atoms with van der Waals surface area (Å²) < 4.78 is 0. The van der Waals surface area contributed by atoms with Crippen LogP contribution < -0.4 is 10.2 Å². The summed E-state index contributed by atoms with van der Waals surface area (Å²) >= 11 is 6.44. The monoisotopic (exact) mass is 310 g/mol. The Bertz CT molecular complexity index is 464. The van der Waals surface area contributed by atoms with Gasteiger partial charge in [0, 0.05) is 19.6 Å². The van der Waals surface area contributed by atoms with Crippen molar-refractivity contribution in [2.24, 2.45) is 5.92 Å². The van der Waals surface area contributed by atoms with Gasteiger partial charge in [-0.05, 0) is 43.9 Å². The van der Waals surface area contributed by atoms with Crippen LogP contribution in [0.1, 0.15) is 39.2 Å². The average Bonchev–Trinajstić information content (AvgIpc) is 2.39.